The molecule has 0 saturated carbocycles. The number of thiazole rings is 1. The van der Waals surface area contributed by atoms with Crippen molar-refractivity contribution in [3.8, 4) is 6.07 Å². The molecule has 0 aromatic carbocycles. The predicted octanol–water partition coefficient (Wildman–Crippen LogP) is 3.19. The molecule has 0 aliphatic carbocycles. The monoisotopic (exact) mass is 371 g/mol. The van der Waals surface area contributed by atoms with E-state index in [1.807, 2.05) is 0 Å². The molecule has 0 fully saturated rings. The SMILES string of the molecule is CC(=O)OC(C#N)c1csc(NC(=O)OCC(Cl)(Cl)Cl)n1. The van der Waals surface area contributed by atoms with Crippen LogP contribution in [-0.2, 0) is 14.3 Å². The summed E-state index contributed by atoms with van der Waals surface area (Å²) in [7, 11) is 0. The lowest BCUT2D eigenvalue weighted by atomic mass is 10.3. The Balaban J connectivity index is 2.61. The summed E-state index contributed by atoms with van der Waals surface area (Å²) >= 11 is 17.3. The standard InChI is InChI=1S/C10H8Cl3N3O4S/c1-5(17)20-7(2-14)6-3-21-8(15-6)16-9(18)19-4-10(11,12)13/h3,7H,4H2,1H3,(H,15,16,18). The van der Waals surface area contributed by atoms with Gasteiger partial charge in [-0.3, -0.25) is 10.1 Å². The van der Waals surface area contributed by atoms with Crippen LogP contribution in [0.2, 0.25) is 0 Å². The molecule has 1 heterocycles. The maximum absolute atomic E-state index is 11.4. The maximum atomic E-state index is 11.4. The van der Waals surface area contributed by atoms with Gasteiger partial charge in [0.25, 0.3) is 0 Å². The van der Waals surface area contributed by atoms with Gasteiger partial charge in [-0.15, -0.1) is 11.3 Å². The number of alkyl halides is 3. The van der Waals surface area contributed by atoms with E-state index in [4.69, 9.17) is 44.8 Å². The fraction of sp³-hybridized carbons (Fsp3) is 0.400. The molecule has 0 aliphatic heterocycles. The van der Waals surface area contributed by atoms with Crippen LogP contribution in [0.4, 0.5) is 9.93 Å². The number of carbonyl (C=O) groups excluding carboxylic acids is 2. The van der Waals surface area contributed by atoms with E-state index in [-0.39, 0.29) is 10.8 Å². The van der Waals surface area contributed by atoms with Crippen molar-refractivity contribution >= 4 is 63.3 Å². The summed E-state index contributed by atoms with van der Waals surface area (Å²) in [6, 6.07) is 1.77. The van der Waals surface area contributed by atoms with Crippen LogP contribution < -0.4 is 5.32 Å². The van der Waals surface area contributed by atoms with E-state index < -0.39 is 28.6 Å². The average molecular weight is 373 g/mol. The first kappa shape index (κ1) is 17.8. The molecule has 0 spiro atoms. The van der Waals surface area contributed by atoms with Gasteiger partial charge >= 0.3 is 12.1 Å². The second kappa shape index (κ2) is 7.66. The minimum Gasteiger partial charge on any atom is -0.445 e. The third-order valence-corrected chi connectivity index (χ3v) is 2.87. The average Bonchev–Trinajstić information content (AvgIpc) is 2.80. The molecule has 1 amide bonds. The van der Waals surface area contributed by atoms with Crippen molar-refractivity contribution in [1.82, 2.24) is 4.98 Å². The lowest BCUT2D eigenvalue weighted by Crippen LogP contribution is -2.21. The van der Waals surface area contributed by atoms with Gasteiger partial charge in [-0.1, -0.05) is 34.8 Å². The number of hydrogen-bond acceptors (Lipinski definition) is 7. The zero-order valence-electron chi connectivity index (χ0n) is 10.4. The van der Waals surface area contributed by atoms with Gasteiger partial charge in [-0.25, -0.2) is 9.78 Å². The molecule has 1 unspecified atom stereocenters. The molecule has 1 aromatic rings. The Morgan fingerprint density at radius 1 is 1.57 bits per heavy atom. The van der Waals surface area contributed by atoms with E-state index in [1.165, 1.54) is 12.3 Å². The fourth-order valence-corrected chi connectivity index (χ4v) is 1.93. The molecule has 0 radical (unpaired) electrons. The Labute approximate surface area is 138 Å². The van der Waals surface area contributed by atoms with Crippen LogP contribution in [0, 0.1) is 11.3 Å². The minimum atomic E-state index is -1.72. The topological polar surface area (TPSA) is 101 Å². The van der Waals surface area contributed by atoms with Gasteiger partial charge in [0.2, 0.25) is 9.90 Å². The lowest BCUT2D eigenvalue weighted by molar-refractivity contribution is -0.144. The van der Waals surface area contributed by atoms with Crippen molar-refractivity contribution in [2.45, 2.75) is 16.8 Å². The molecular formula is C10H8Cl3N3O4S. The van der Waals surface area contributed by atoms with Crippen LogP contribution in [0.25, 0.3) is 0 Å². The van der Waals surface area contributed by atoms with Crippen LogP contribution >= 0.6 is 46.1 Å². The summed E-state index contributed by atoms with van der Waals surface area (Å²) in [5, 5.41) is 12.8. The van der Waals surface area contributed by atoms with E-state index in [9.17, 15) is 9.59 Å². The highest BCUT2D eigenvalue weighted by atomic mass is 35.6. The summed E-state index contributed by atoms with van der Waals surface area (Å²) in [5.41, 5.74) is 0.189. The lowest BCUT2D eigenvalue weighted by Gasteiger charge is -2.10. The number of anilines is 1. The number of ether oxygens (including phenoxy) is 2. The van der Waals surface area contributed by atoms with Crippen molar-refractivity contribution in [2.75, 3.05) is 11.9 Å². The number of aromatic nitrogens is 1. The van der Waals surface area contributed by atoms with Gasteiger partial charge in [-0.2, -0.15) is 5.26 Å². The Morgan fingerprint density at radius 2 is 2.24 bits per heavy atom. The van der Waals surface area contributed by atoms with E-state index in [0.717, 1.165) is 11.3 Å². The van der Waals surface area contributed by atoms with Gasteiger partial charge in [-0.05, 0) is 0 Å². The molecule has 0 aliphatic rings. The maximum Gasteiger partial charge on any atom is 0.413 e. The summed E-state index contributed by atoms with van der Waals surface area (Å²) in [5.74, 6) is -0.619. The molecular weight excluding hydrogens is 365 g/mol. The molecule has 114 valence electrons. The van der Waals surface area contributed by atoms with Crippen molar-refractivity contribution in [1.29, 1.82) is 5.26 Å². The number of nitrogens with zero attached hydrogens (tertiary/aromatic N) is 2. The number of rotatable bonds is 4. The van der Waals surface area contributed by atoms with Gasteiger partial charge < -0.3 is 9.47 Å². The van der Waals surface area contributed by atoms with Crippen LogP contribution in [0.5, 0.6) is 0 Å². The van der Waals surface area contributed by atoms with Crippen molar-refractivity contribution in [3.63, 3.8) is 0 Å². The number of halogens is 3. The smallest absolute Gasteiger partial charge is 0.413 e. The number of nitriles is 1. The highest BCUT2D eigenvalue weighted by molar-refractivity contribution is 7.13. The van der Waals surface area contributed by atoms with E-state index >= 15 is 0 Å². The minimum absolute atomic E-state index is 0.145. The van der Waals surface area contributed by atoms with E-state index in [1.54, 1.807) is 6.07 Å². The van der Waals surface area contributed by atoms with Gasteiger partial charge in [0.05, 0.1) is 0 Å². The van der Waals surface area contributed by atoms with Crippen LogP contribution in [0.3, 0.4) is 0 Å². The third kappa shape index (κ3) is 6.82. The molecule has 7 nitrogen and oxygen atoms in total. The molecule has 1 aromatic heterocycles. The Morgan fingerprint density at radius 3 is 2.76 bits per heavy atom. The highest BCUT2D eigenvalue weighted by Crippen LogP contribution is 2.26. The number of hydrogen-bond donors (Lipinski definition) is 1. The van der Waals surface area contributed by atoms with E-state index in [2.05, 4.69) is 15.0 Å². The summed E-state index contributed by atoms with van der Waals surface area (Å²) < 4.78 is 7.67. The van der Waals surface area contributed by atoms with Gasteiger partial charge in [0, 0.05) is 12.3 Å². The molecule has 1 rings (SSSR count). The zero-order valence-corrected chi connectivity index (χ0v) is 13.5. The molecule has 0 saturated heterocycles. The van der Waals surface area contributed by atoms with Crippen molar-refractivity contribution < 1.29 is 19.1 Å². The summed E-state index contributed by atoms with van der Waals surface area (Å²) in [6.07, 6.45) is -2.02. The Kier molecular flexibility index (Phi) is 6.48. The summed E-state index contributed by atoms with van der Waals surface area (Å²) in [6.45, 7) is 0.736. The number of carbonyl (C=O) groups is 2. The zero-order chi connectivity index (χ0) is 16.0. The second-order valence-corrected chi connectivity index (χ2v) is 6.89. The van der Waals surface area contributed by atoms with Crippen LogP contribution in [0.15, 0.2) is 5.38 Å². The number of amides is 1. The first-order valence-corrected chi connectivity index (χ1v) is 7.25. The molecule has 11 heteroatoms. The second-order valence-electron chi connectivity index (χ2n) is 3.51. The molecule has 21 heavy (non-hydrogen) atoms. The fourth-order valence-electron chi connectivity index (χ4n) is 1.05. The third-order valence-electron chi connectivity index (χ3n) is 1.77. The number of esters is 1. The quantitative estimate of drug-likeness (QED) is 0.643. The Hall–Kier alpha value is -1.27. The predicted molar refractivity (Wildman–Crippen MR) is 77.5 cm³/mol. The largest absolute Gasteiger partial charge is 0.445 e. The highest BCUT2D eigenvalue weighted by Gasteiger charge is 2.23. The van der Waals surface area contributed by atoms with E-state index in [0.29, 0.717) is 0 Å². The normalized spacial score (nSPS) is 12.1. The molecule has 0 bridgehead atoms. The van der Waals surface area contributed by atoms with Gasteiger partial charge in [0.1, 0.15) is 18.4 Å². The van der Waals surface area contributed by atoms with Crippen molar-refractivity contribution in [3.05, 3.63) is 11.1 Å². The van der Waals surface area contributed by atoms with Gasteiger partial charge in [0.15, 0.2) is 5.13 Å². The summed E-state index contributed by atoms with van der Waals surface area (Å²) in [4.78, 5) is 26.1. The first-order valence-electron chi connectivity index (χ1n) is 5.24. The van der Waals surface area contributed by atoms with Crippen LogP contribution in [-0.4, -0.2) is 27.4 Å². The first-order chi connectivity index (χ1) is 9.71. The van der Waals surface area contributed by atoms with Crippen LogP contribution in [0.1, 0.15) is 18.7 Å². The molecule has 1 N–H and O–H groups in total. The Bertz CT molecular complexity index is 567. The number of nitrogens with one attached hydrogen (secondary N) is 1. The molecule has 1 atom stereocenters. The van der Waals surface area contributed by atoms with Crippen molar-refractivity contribution in [2.24, 2.45) is 0 Å².